The Morgan fingerprint density at radius 2 is 2.12 bits per heavy atom. The van der Waals surface area contributed by atoms with E-state index in [4.69, 9.17) is 15.5 Å². The molecular formula is C25H25N3O5. The van der Waals surface area contributed by atoms with E-state index in [2.05, 4.69) is 6.58 Å². The second kappa shape index (κ2) is 7.26. The third kappa shape index (κ3) is 2.81. The zero-order valence-electron chi connectivity index (χ0n) is 18.5. The number of pyridine rings is 2. The normalized spacial score (nSPS) is 19.6. The number of hydrogen-bond donors (Lipinski definition) is 3. The predicted octanol–water partition coefficient (Wildman–Crippen LogP) is 2.53. The molecule has 1 aromatic carbocycles. The average Bonchev–Trinajstić information content (AvgIpc) is 3.15. The zero-order valence-corrected chi connectivity index (χ0v) is 18.5. The average molecular weight is 447 g/mol. The van der Waals surface area contributed by atoms with Crippen molar-refractivity contribution in [3.05, 3.63) is 69.0 Å². The van der Waals surface area contributed by atoms with Crippen LogP contribution in [0.15, 0.2) is 35.6 Å². The molecule has 0 radical (unpaired) electrons. The summed E-state index contributed by atoms with van der Waals surface area (Å²) in [7, 11) is 0. The lowest BCUT2D eigenvalue weighted by Gasteiger charge is -2.31. The molecule has 3 aromatic rings. The van der Waals surface area contributed by atoms with Crippen molar-refractivity contribution in [3.63, 3.8) is 0 Å². The van der Waals surface area contributed by atoms with Crippen LogP contribution in [0.1, 0.15) is 54.1 Å². The third-order valence-electron chi connectivity index (χ3n) is 6.78. The van der Waals surface area contributed by atoms with Crippen molar-refractivity contribution in [2.24, 2.45) is 5.73 Å². The van der Waals surface area contributed by atoms with Gasteiger partial charge in [0.15, 0.2) is 5.60 Å². The number of aromatic nitrogens is 2. The molecule has 33 heavy (non-hydrogen) atoms. The molecule has 0 saturated carbocycles. The minimum Gasteiger partial charge on any atom is -0.508 e. The van der Waals surface area contributed by atoms with Crippen molar-refractivity contribution < 1.29 is 19.7 Å². The van der Waals surface area contributed by atoms with E-state index < -0.39 is 17.6 Å². The highest BCUT2D eigenvalue weighted by Gasteiger charge is 2.45. The first-order chi connectivity index (χ1) is 15.7. The number of phenolic OH excluding ortho intramolecular Hbond substituents is 1. The molecule has 0 fully saturated rings. The van der Waals surface area contributed by atoms with E-state index in [0.717, 1.165) is 16.5 Å². The number of benzene rings is 1. The molecule has 0 bridgehead atoms. The van der Waals surface area contributed by atoms with Gasteiger partial charge in [-0.1, -0.05) is 13.0 Å². The number of phenols is 1. The first kappa shape index (κ1) is 21.4. The number of carbonyl (C=O) groups excluding carboxylic acids is 1. The number of cyclic esters (lactones) is 1. The predicted molar refractivity (Wildman–Crippen MR) is 123 cm³/mol. The maximum Gasteiger partial charge on any atom is 0.343 e. The van der Waals surface area contributed by atoms with Gasteiger partial charge in [0.05, 0.1) is 29.0 Å². The Morgan fingerprint density at radius 3 is 2.79 bits per heavy atom. The van der Waals surface area contributed by atoms with Crippen LogP contribution in [-0.4, -0.2) is 25.7 Å². The number of allylic oxidation sites excluding steroid dienone is 1. The van der Waals surface area contributed by atoms with Crippen LogP contribution < -0.4 is 11.3 Å². The molecule has 0 saturated heterocycles. The Labute approximate surface area is 189 Å². The van der Waals surface area contributed by atoms with Gasteiger partial charge >= 0.3 is 5.97 Å². The van der Waals surface area contributed by atoms with Crippen molar-refractivity contribution in [2.75, 3.05) is 0 Å². The quantitative estimate of drug-likeness (QED) is 0.324. The third-order valence-corrected chi connectivity index (χ3v) is 6.78. The molecule has 0 aliphatic carbocycles. The number of ether oxygens (including phenoxy) is 1. The second-order valence-electron chi connectivity index (χ2n) is 8.69. The summed E-state index contributed by atoms with van der Waals surface area (Å²) < 4.78 is 6.72. The van der Waals surface area contributed by atoms with Gasteiger partial charge in [0.2, 0.25) is 0 Å². The first-order valence-electron chi connectivity index (χ1n) is 10.9. The van der Waals surface area contributed by atoms with E-state index in [9.17, 15) is 19.8 Å². The highest BCUT2D eigenvalue weighted by molar-refractivity contribution is 5.93. The van der Waals surface area contributed by atoms with Gasteiger partial charge < -0.3 is 25.3 Å². The summed E-state index contributed by atoms with van der Waals surface area (Å²) in [6, 6.07) is 4.60. The van der Waals surface area contributed by atoms with Gasteiger partial charge in [-0.05, 0) is 43.5 Å². The van der Waals surface area contributed by atoms with E-state index in [0.29, 0.717) is 28.9 Å². The maximum atomic E-state index is 13.4. The smallest absolute Gasteiger partial charge is 0.343 e. The molecule has 2 aromatic heterocycles. The van der Waals surface area contributed by atoms with E-state index in [-0.39, 0.29) is 42.0 Å². The molecule has 4 heterocycles. The lowest BCUT2D eigenvalue weighted by Crippen LogP contribution is -2.44. The fourth-order valence-corrected chi connectivity index (χ4v) is 5.12. The summed E-state index contributed by atoms with van der Waals surface area (Å²) in [5.74, 6) is -0.620. The zero-order chi connectivity index (χ0) is 23.7. The number of rotatable bonds is 4. The van der Waals surface area contributed by atoms with Crippen LogP contribution in [0.3, 0.4) is 0 Å². The molecule has 0 spiro atoms. The van der Waals surface area contributed by atoms with Crippen LogP contribution in [0.2, 0.25) is 0 Å². The number of nitrogens with two attached hydrogens (primary N) is 1. The number of carbonyl (C=O) groups is 1. The summed E-state index contributed by atoms with van der Waals surface area (Å²) >= 11 is 0. The van der Waals surface area contributed by atoms with Gasteiger partial charge in [0.1, 0.15) is 12.4 Å². The highest BCUT2D eigenvalue weighted by atomic mass is 16.6. The summed E-state index contributed by atoms with van der Waals surface area (Å²) in [5.41, 5.74) is 8.79. The molecule has 8 heteroatoms. The Balaban J connectivity index is 1.86. The summed E-state index contributed by atoms with van der Waals surface area (Å²) in [6.07, 6.45) is 2.23. The second-order valence-corrected chi connectivity index (χ2v) is 8.69. The molecule has 2 atom stereocenters. The summed E-state index contributed by atoms with van der Waals surface area (Å²) in [6.45, 7) is 7.39. The van der Waals surface area contributed by atoms with Crippen LogP contribution in [0.25, 0.3) is 22.3 Å². The standard InChI is InChI=1S/C25H25N3O5/c1-4-6-13-19(29)8-7-17-21(13)20(12(3)26)14-10-28-18(22(14)27-17)9-16-15(23(28)30)11-33-24(31)25(16,32)5-2/h4,7-9,12,29,32H,1,5-6,10-11,26H2,2-3H3/t12-,25+/m1/s1. The fourth-order valence-electron chi connectivity index (χ4n) is 5.12. The Hall–Kier alpha value is -3.49. The molecular weight excluding hydrogens is 422 g/mol. The summed E-state index contributed by atoms with van der Waals surface area (Å²) in [5, 5.41) is 22.3. The molecule has 0 amide bonds. The van der Waals surface area contributed by atoms with E-state index in [1.54, 1.807) is 35.8 Å². The van der Waals surface area contributed by atoms with Gasteiger partial charge in [-0.2, -0.15) is 0 Å². The molecule has 0 unspecified atom stereocenters. The molecule has 8 nitrogen and oxygen atoms in total. The molecule has 2 aliphatic rings. The number of nitrogens with zero attached hydrogens (tertiary/aromatic N) is 2. The van der Waals surface area contributed by atoms with Crippen LogP contribution in [0.4, 0.5) is 0 Å². The van der Waals surface area contributed by atoms with E-state index in [1.807, 2.05) is 6.92 Å². The summed E-state index contributed by atoms with van der Waals surface area (Å²) in [4.78, 5) is 30.7. The Kier molecular flexibility index (Phi) is 4.70. The van der Waals surface area contributed by atoms with Crippen molar-refractivity contribution in [2.45, 2.75) is 51.5 Å². The van der Waals surface area contributed by atoms with Crippen molar-refractivity contribution in [1.82, 2.24) is 9.55 Å². The van der Waals surface area contributed by atoms with Gasteiger partial charge in [-0.15, -0.1) is 6.58 Å². The van der Waals surface area contributed by atoms with Gasteiger partial charge in [-0.25, -0.2) is 9.78 Å². The SMILES string of the molecule is C=CCc1c(O)ccc2nc3c(c([C@@H](C)N)c12)Cn1c-3cc2c(c1=O)COC(=O)[C@]2(O)CC. The number of aliphatic hydroxyl groups is 1. The van der Waals surface area contributed by atoms with Crippen LogP contribution >= 0.6 is 0 Å². The van der Waals surface area contributed by atoms with Crippen LogP contribution in [-0.2, 0) is 34.7 Å². The molecule has 170 valence electrons. The first-order valence-corrected chi connectivity index (χ1v) is 10.9. The van der Waals surface area contributed by atoms with Crippen molar-refractivity contribution in [1.29, 1.82) is 0 Å². The minimum absolute atomic E-state index is 0.0784. The monoisotopic (exact) mass is 447 g/mol. The van der Waals surface area contributed by atoms with Gasteiger partial charge in [-0.3, -0.25) is 4.79 Å². The lowest BCUT2D eigenvalue weighted by atomic mass is 9.86. The number of aromatic hydroxyl groups is 1. The molecule has 4 N–H and O–H groups in total. The maximum absolute atomic E-state index is 13.4. The number of esters is 1. The molecule has 5 rings (SSSR count). The topological polar surface area (TPSA) is 128 Å². The number of fused-ring (bicyclic) bond motifs is 5. The lowest BCUT2D eigenvalue weighted by molar-refractivity contribution is -0.172. The van der Waals surface area contributed by atoms with Gasteiger partial charge in [0, 0.05) is 28.1 Å². The van der Waals surface area contributed by atoms with E-state index >= 15 is 0 Å². The van der Waals surface area contributed by atoms with Crippen molar-refractivity contribution in [3.8, 4) is 17.1 Å². The molecule has 2 aliphatic heterocycles. The van der Waals surface area contributed by atoms with Crippen molar-refractivity contribution >= 4 is 16.9 Å². The van der Waals surface area contributed by atoms with Crippen LogP contribution in [0, 0.1) is 0 Å². The number of hydrogen-bond acceptors (Lipinski definition) is 7. The Bertz CT molecular complexity index is 1420. The van der Waals surface area contributed by atoms with Gasteiger partial charge in [0.25, 0.3) is 5.56 Å². The van der Waals surface area contributed by atoms with Crippen LogP contribution in [0.5, 0.6) is 5.75 Å². The minimum atomic E-state index is -1.88. The van der Waals surface area contributed by atoms with E-state index in [1.165, 1.54) is 0 Å². The largest absolute Gasteiger partial charge is 0.508 e. The highest BCUT2D eigenvalue weighted by Crippen LogP contribution is 2.43. The Morgan fingerprint density at radius 1 is 1.36 bits per heavy atom. The fraction of sp³-hybridized carbons (Fsp3) is 0.320.